The molecule has 2 unspecified atom stereocenters. The number of hydrogen-bond donors (Lipinski definition) is 2. The lowest BCUT2D eigenvalue weighted by atomic mass is 9.99. The number of carbonyl (C=O) groups is 2. The van der Waals surface area contributed by atoms with Crippen LogP contribution >= 0.6 is 23.2 Å². The van der Waals surface area contributed by atoms with Gasteiger partial charge in [0, 0.05) is 13.1 Å². The summed E-state index contributed by atoms with van der Waals surface area (Å²) < 4.78 is 46.7. The summed E-state index contributed by atoms with van der Waals surface area (Å²) in [4.78, 5) is 24.0. The second-order valence-corrected chi connectivity index (χ2v) is 8.09. The molecule has 0 radical (unpaired) electrons. The molecule has 33 heavy (non-hydrogen) atoms. The molecule has 1 amide bonds. The van der Waals surface area contributed by atoms with E-state index in [0.717, 1.165) is 5.01 Å². The van der Waals surface area contributed by atoms with Crippen LogP contribution in [0.5, 0.6) is 5.75 Å². The summed E-state index contributed by atoms with van der Waals surface area (Å²) in [7, 11) is 1.26. The van der Waals surface area contributed by atoms with Crippen molar-refractivity contribution >= 4 is 40.8 Å². The molecule has 0 saturated heterocycles. The highest BCUT2D eigenvalue weighted by Gasteiger charge is 2.54. The lowest BCUT2D eigenvalue weighted by Crippen LogP contribution is -2.48. The van der Waals surface area contributed by atoms with E-state index in [1.54, 1.807) is 6.92 Å². The van der Waals surface area contributed by atoms with Crippen molar-refractivity contribution in [1.29, 1.82) is 0 Å². The van der Waals surface area contributed by atoms with Crippen LogP contribution in [0.4, 0.5) is 13.2 Å². The molecule has 0 saturated carbocycles. The van der Waals surface area contributed by atoms with Gasteiger partial charge in [-0.15, -0.1) is 0 Å². The third-order valence-corrected chi connectivity index (χ3v) is 5.69. The Balaban J connectivity index is 1.85. The molecule has 2 aromatic rings. The average Bonchev–Trinajstić information content (AvgIpc) is 3.07. The number of halogens is 5. The number of amides is 1. The van der Waals surface area contributed by atoms with Crippen molar-refractivity contribution in [3.8, 4) is 5.75 Å². The average molecular weight is 504 g/mol. The molecule has 3 rings (SSSR count). The molecule has 0 bridgehead atoms. The lowest BCUT2D eigenvalue weighted by Gasteiger charge is -2.27. The lowest BCUT2D eigenvalue weighted by molar-refractivity contribution is -0.129. The molecule has 1 heterocycles. The van der Waals surface area contributed by atoms with Gasteiger partial charge in [0.2, 0.25) is 12.1 Å². The zero-order chi connectivity index (χ0) is 24.5. The number of alkyl halides is 3. The molecular weight excluding hydrogens is 486 g/mol. The largest absolute Gasteiger partial charge is 0.478 e. The quantitative estimate of drug-likeness (QED) is 0.593. The Hall–Kier alpha value is -2.98. The summed E-state index contributed by atoms with van der Waals surface area (Å²) in [6.07, 6.45) is -6.28. The van der Waals surface area contributed by atoms with Gasteiger partial charge in [0.15, 0.2) is 5.71 Å². The second kappa shape index (κ2) is 9.48. The van der Waals surface area contributed by atoms with Crippen LogP contribution in [0.1, 0.15) is 28.9 Å². The molecular formula is C21H18Cl2F3N3O4. The van der Waals surface area contributed by atoms with E-state index in [1.807, 2.05) is 0 Å². The Morgan fingerprint density at radius 2 is 1.79 bits per heavy atom. The number of benzene rings is 2. The minimum absolute atomic E-state index is 0.0382. The fourth-order valence-corrected chi connectivity index (χ4v) is 3.55. The number of carboxylic acids is 1. The van der Waals surface area contributed by atoms with E-state index in [9.17, 15) is 22.8 Å². The van der Waals surface area contributed by atoms with Crippen LogP contribution in [0.2, 0.25) is 10.0 Å². The number of carboxylic acid groups (broad SMARTS) is 1. The van der Waals surface area contributed by atoms with Crippen molar-refractivity contribution in [2.75, 3.05) is 7.05 Å². The molecule has 0 fully saturated rings. The first-order chi connectivity index (χ1) is 15.4. The van der Waals surface area contributed by atoms with Gasteiger partial charge in [-0.3, -0.25) is 9.80 Å². The van der Waals surface area contributed by atoms with E-state index in [1.165, 1.54) is 49.5 Å². The topological polar surface area (TPSA) is 91.2 Å². The molecule has 0 aromatic heterocycles. The van der Waals surface area contributed by atoms with Crippen LogP contribution in [0.15, 0.2) is 47.6 Å². The van der Waals surface area contributed by atoms with Crippen molar-refractivity contribution in [2.24, 2.45) is 11.0 Å². The van der Waals surface area contributed by atoms with Gasteiger partial charge < -0.3 is 15.2 Å². The Kier molecular flexibility index (Phi) is 7.08. The summed E-state index contributed by atoms with van der Waals surface area (Å²) in [5, 5.41) is 16.3. The molecule has 0 aliphatic carbocycles. The molecule has 1 aliphatic rings. The number of hydrogen-bond acceptors (Lipinski definition) is 5. The van der Waals surface area contributed by atoms with Crippen LogP contribution in [0.25, 0.3) is 0 Å². The molecule has 3 atom stereocenters. The number of ether oxygens (including phenoxy) is 1. The maximum Gasteiger partial charge on any atom is 0.432 e. The van der Waals surface area contributed by atoms with Gasteiger partial charge >= 0.3 is 12.1 Å². The van der Waals surface area contributed by atoms with Gasteiger partial charge in [-0.05, 0) is 36.8 Å². The molecule has 1 aliphatic heterocycles. The molecule has 2 N–H and O–H groups in total. The second-order valence-electron chi connectivity index (χ2n) is 7.28. The van der Waals surface area contributed by atoms with Gasteiger partial charge in [0.1, 0.15) is 11.7 Å². The first kappa shape index (κ1) is 24.7. The number of rotatable bonds is 6. The van der Waals surface area contributed by atoms with Crippen molar-refractivity contribution in [1.82, 2.24) is 10.3 Å². The fraction of sp³-hybridized carbons (Fsp3) is 0.286. The van der Waals surface area contributed by atoms with E-state index >= 15 is 0 Å². The normalized spacial score (nSPS) is 19.1. The highest BCUT2D eigenvalue weighted by molar-refractivity contribution is 6.42. The molecule has 176 valence electrons. The summed E-state index contributed by atoms with van der Waals surface area (Å²) in [6, 6.07) is 9.05. The van der Waals surface area contributed by atoms with Crippen molar-refractivity contribution < 1.29 is 32.6 Å². The van der Waals surface area contributed by atoms with E-state index in [2.05, 4.69) is 10.4 Å². The minimum atomic E-state index is -4.88. The molecule has 7 nitrogen and oxygen atoms in total. The van der Waals surface area contributed by atoms with Gasteiger partial charge in [-0.25, -0.2) is 4.79 Å². The van der Waals surface area contributed by atoms with Crippen LogP contribution in [0.3, 0.4) is 0 Å². The van der Waals surface area contributed by atoms with Gasteiger partial charge in [-0.1, -0.05) is 35.3 Å². The van der Waals surface area contributed by atoms with Crippen molar-refractivity contribution in [2.45, 2.75) is 25.4 Å². The predicted octanol–water partition coefficient (Wildman–Crippen LogP) is 4.75. The number of carbonyl (C=O) groups excluding carboxylic acids is 1. The van der Waals surface area contributed by atoms with Crippen LogP contribution in [-0.4, -0.2) is 47.2 Å². The summed E-state index contributed by atoms with van der Waals surface area (Å²) >= 11 is 11.8. The Morgan fingerprint density at radius 1 is 1.15 bits per heavy atom. The zero-order valence-electron chi connectivity index (χ0n) is 17.2. The standard InChI is InChI=1S/C21H18Cl2F3N3O4/c1-10(11-3-5-12(6-4-11)20(31)32)27-18(30)16-17(21(24,25)26)28-29(2)19(16)33-13-7-8-14(22)15(23)9-13/h3-10,16,19H,1-2H3,(H,27,30)(H,31,32)/t10-,16?,19?/m0/s1. The monoisotopic (exact) mass is 503 g/mol. The Labute approximate surface area is 196 Å². The Bertz CT molecular complexity index is 1090. The highest BCUT2D eigenvalue weighted by Crippen LogP contribution is 2.35. The fourth-order valence-electron chi connectivity index (χ4n) is 3.26. The minimum Gasteiger partial charge on any atom is -0.478 e. The van der Waals surface area contributed by atoms with Crippen LogP contribution in [0, 0.1) is 5.92 Å². The SMILES string of the molecule is C[C@H](NC(=O)C1C(C(F)(F)F)=NN(C)C1Oc1ccc(Cl)c(Cl)c1)c1ccc(C(=O)O)cc1. The van der Waals surface area contributed by atoms with Gasteiger partial charge in [0.05, 0.1) is 21.7 Å². The number of nitrogens with zero attached hydrogens (tertiary/aromatic N) is 2. The first-order valence-electron chi connectivity index (χ1n) is 9.52. The summed E-state index contributed by atoms with van der Waals surface area (Å²) in [6.45, 7) is 1.56. The third kappa shape index (κ3) is 5.51. The number of nitrogens with one attached hydrogen (secondary N) is 1. The van der Waals surface area contributed by atoms with Gasteiger partial charge in [-0.2, -0.15) is 18.3 Å². The molecule has 12 heteroatoms. The smallest absolute Gasteiger partial charge is 0.432 e. The maximum atomic E-state index is 13.7. The van der Waals surface area contributed by atoms with Crippen LogP contribution < -0.4 is 10.1 Å². The Morgan fingerprint density at radius 3 is 2.33 bits per heavy atom. The predicted molar refractivity (Wildman–Crippen MR) is 116 cm³/mol. The van der Waals surface area contributed by atoms with Crippen molar-refractivity contribution in [3.05, 3.63) is 63.6 Å². The van der Waals surface area contributed by atoms with Gasteiger partial charge in [0.25, 0.3) is 0 Å². The van der Waals surface area contributed by atoms with E-state index in [-0.39, 0.29) is 21.4 Å². The number of hydrazone groups is 1. The maximum absolute atomic E-state index is 13.7. The summed E-state index contributed by atoms with van der Waals surface area (Å²) in [5.74, 6) is -3.78. The first-order valence-corrected chi connectivity index (χ1v) is 10.3. The van der Waals surface area contributed by atoms with Crippen LogP contribution in [-0.2, 0) is 4.79 Å². The molecule has 2 aromatic carbocycles. The number of aromatic carboxylic acids is 1. The van der Waals surface area contributed by atoms with E-state index in [4.69, 9.17) is 33.0 Å². The van der Waals surface area contributed by atoms with E-state index < -0.39 is 42.0 Å². The third-order valence-electron chi connectivity index (χ3n) is 4.95. The van der Waals surface area contributed by atoms with Crippen molar-refractivity contribution in [3.63, 3.8) is 0 Å². The zero-order valence-corrected chi connectivity index (χ0v) is 18.7. The highest BCUT2D eigenvalue weighted by atomic mass is 35.5. The van der Waals surface area contributed by atoms with E-state index in [0.29, 0.717) is 5.56 Å². The molecule has 0 spiro atoms. The summed E-state index contributed by atoms with van der Waals surface area (Å²) in [5.41, 5.74) is -0.760.